The standard InChI is InChI=1S/C24H25ClN6O.C2HF3O2/c1-30-15-17(14-26-30)20-11-10-19(13-22(20)32-2)27-24-28-23-21(5-3-4-12-31(23)29-24)16-6-8-18(25)9-7-16;3-2(4,5)1(6)7/h6-11,13-15,21H,3-5,12H2,1-2H3,(H,27,29);(H,6,7). The van der Waals surface area contributed by atoms with E-state index in [4.69, 9.17) is 36.3 Å². The summed E-state index contributed by atoms with van der Waals surface area (Å²) in [6.45, 7) is 0.872. The zero-order valence-electron chi connectivity index (χ0n) is 21.1. The molecule has 5 rings (SSSR count). The first-order chi connectivity index (χ1) is 18.5. The number of hydrogen-bond donors (Lipinski definition) is 2. The van der Waals surface area contributed by atoms with Crippen molar-refractivity contribution in [1.29, 1.82) is 0 Å². The molecule has 0 radical (unpaired) electrons. The molecule has 1 unspecified atom stereocenters. The summed E-state index contributed by atoms with van der Waals surface area (Å²) >= 11 is 6.10. The Morgan fingerprint density at radius 3 is 2.51 bits per heavy atom. The van der Waals surface area contributed by atoms with E-state index in [1.54, 1.807) is 11.8 Å². The minimum atomic E-state index is -5.08. The molecule has 13 heteroatoms. The fourth-order valence-corrected chi connectivity index (χ4v) is 4.40. The van der Waals surface area contributed by atoms with Crippen LogP contribution in [0.25, 0.3) is 11.1 Å². The molecule has 206 valence electrons. The number of hydrogen-bond acceptors (Lipinski definition) is 6. The number of carboxylic acids is 1. The van der Waals surface area contributed by atoms with Gasteiger partial charge in [0.15, 0.2) is 0 Å². The average Bonchev–Trinajstić information content (AvgIpc) is 3.45. The summed E-state index contributed by atoms with van der Waals surface area (Å²) in [5, 5.41) is 20.2. The van der Waals surface area contributed by atoms with E-state index in [9.17, 15) is 13.2 Å². The van der Waals surface area contributed by atoms with Gasteiger partial charge in [0.1, 0.15) is 11.6 Å². The molecule has 0 spiro atoms. The summed E-state index contributed by atoms with van der Waals surface area (Å²) in [7, 11) is 3.57. The Morgan fingerprint density at radius 2 is 1.90 bits per heavy atom. The number of ether oxygens (including phenoxy) is 1. The third-order valence-corrected chi connectivity index (χ3v) is 6.37. The summed E-state index contributed by atoms with van der Waals surface area (Å²) in [6.07, 6.45) is 2.00. The van der Waals surface area contributed by atoms with Gasteiger partial charge in [-0.25, -0.2) is 9.48 Å². The summed E-state index contributed by atoms with van der Waals surface area (Å²) < 4.78 is 41.2. The van der Waals surface area contributed by atoms with Gasteiger partial charge in [-0.05, 0) is 42.7 Å². The van der Waals surface area contributed by atoms with Crippen LogP contribution >= 0.6 is 11.6 Å². The highest BCUT2D eigenvalue weighted by Gasteiger charge is 2.38. The number of anilines is 2. The van der Waals surface area contributed by atoms with Crippen LogP contribution in [0.15, 0.2) is 54.9 Å². The Hall–Kier alpha value is -4.06. The van der Waals surface area contributed by atoms with Crippen molar-refractivity contribution in [2.24, 2.45) is 7.05 Å². The molecule has 2 N–H and O–H groups in total. The van der Waals surface area contributed by atoms with E-state index in [2.05, 4.69) is 22.5 Å². The number of aryl methyl sites for hydroxylation is 2. The molecule has 0 saturated carbocycles. The number of aromatic nitrogens is 5. The molecule has 1 aliphatic heterocycles. The Kier molecular flexibility index (Phi) is 8.44. The molecule has 0 aliphatic carbocycles. The smallest absolute Gasteiger partial charge is 0.490 e. The molecule has 9 nitrogen and oxygen atoms in total. The normalized spacial score (nSPS) is 15.0. The number of aliphatic carboxylic acids is 1. The Labute approximate surface area is 227 Å². The summed E-state index contributed by atoms with van der Waals surface area (Å²) in [5.41, 5.74) is 4.09. The van der Waals surface area contributed by atoms with E-state index in [1.165, 1.54) is 5.56 Å². The van der Waals surface area contributed by atoms with Crippen molar-refractivity contribution in [3.8, 4) is 16.9 Å². The fourth-order valence-electron chi connectivity index (χ4n) is 4.28. The minimum Gasteiger partial charge on any atom is -0.496 e. The summed E-state index contributed by atoms with van der Waals surface area (Å²) in [4.78, 5) is 13.8. The maximum absolute atomic E-state index is 10.6. The first-order valence-corrected chi connectivity index (χ1v) is 12.4. The molecule has 0 saturated heterocycles. The van der Waals surface area contributed by atoms with Crippen molar-refractivity contribution in [2.45, 2.75) is 37.9 Å². The van der Waals surface area contributed by atoms with Gasteiger partial charge < -0.3 is 15.2 Å². The highest BCUT2D eigenvalue weighted by atomic mass is 35.5. The molecule has 39 heavy (non-hydrogen) atoms. The molecule has 2 aromatic heterocycles. The predicted molar refractivity (Wildman–Crippen MR) is 139 cm³/mol. The second-order valence-corrected chi connectivity index (χ2v) is 9.30. The van der Waals surface area contributed by atoms with Gasteiger partial charge in [-0.2, -0.15) is 23.3 Å². The van der Waals surface area contributed by atoms with Crippen LogP contribution in [-0.2, 0) is 18.4 Å². The molecule has 2 aromatic carbocycles. The van der Waals surface area contributed by atoms with Crippen molar-refractivity contribution < 1.29 is 27.8 Å². The lowest BCUT2D eigenvalue weighted by Crippen LogP contribution is -2.21. The maximum atomic E-state index is 10.6. The van der Waals surface area contributed by atoms with Crippen molar-refractivity contribution in [3.05, 3.63) is 71.3 Å². The van der Waals surface area contributed by atoms with Crippen molar-refractivity contribution in [2.75, 3.05) is 12.4 Å². The highest BCUT2D eigenvalue weighted by Crippen LogP contribution is 2.35. The van der Waals surface area contributed by atoms with Gasteiger partial charge in [0.25, 0.3) is 0 Å². The van der Waals surface area contributed by atoms with Gasteiger partial charge in [0.05, 0.1) is 13.3 Å². The Morgan fingerprint density at radius 1 is 1.18 bits per heavy atom. The van der Waals surface area contributed by atoms with Crippen LogP contribution in [0.2, 0.25) is 5.02 Å². The first kappa shape index (κ1) is 28.0. The second kappa shape index (κ2) is 11.8. The van der Waals surface area contributed by atoms with Crippen LogP contribution in [0.4, 0.5) is 24.8 Å². The number of halogens is 4. The lowest BCUT2D eigenvalue weighted by Gasteiger charge is -2.14. The number of alkyl halides is 3. The van der Waals surface area contributed by atoms with Crippen molar-refractivity contribution in [3.63, 3.8) is 0 Å². The molecule has 0 amide bonds. The highest BCUT2D eigenvalue weighted by molar-refractivity contribution is 6.30. The largest absolute Gasteiger partial charge is 0.496 e. The monoisotopic (exact) mass is 562 g/mol. The summed E-state index contributed by atoms with van der Waals surface area (Å²) in [5.74, 6) is -0.195. The maximum Gasteiger partial charge on any atom is 0.490 e. The van der Waals surface area contributed by atoms with Crippen LogP contribution in [0.1, 0.15) is 36.6 Å². The van der Waals surface area contributed by atoms with Crippen LogP contribution in [0.3, 0.4) is 0 Å². The number of benzene rings is 2. The van der Waals surface area contributed by atoms with Gasteiger partial charge >= 0.3 is 12.1 Å². The van der Waals surface area contributed by atoms with Gasteiger partial charge in [-0.3, -0.25) is 4.68 Å². The summed E-state index contributed by atoms with van der Waals surface area (Å²) in [6, 6.07) is 14.1. The SMILES string of the molecule is COc1cc(Nc2nc3n(n2)CCCCC3c2ccc(Cl)cc2)ccc1-c1cnn(C)c1.O=C(O)C(F)(F)F. The Balaban J connectivity index is 0.000000448. The first-order valence-electron chi connectivity index (χ1n) is 12.0. The lowest BCUT2D eigenvalue weighted by atomic mass is 9.94. The molecule has 1 atom stereocenters. The van der Waals surface area contributed by atoms with Crippen LogP contribution < -0.4 is 10.1 Å². The van der Waals surface area contributed by atoms with E-state index in [-0.39, 0.29) is 5.92 Å². The van der Waals surface area contributed by atoms with Gasteiger partial charge in [0.2, 0.25) is 5.95 Å². The number of rotatable bonds is 5. The Bertz CT molecular complexity index is 1440. The lowest BCUT2D eigenvalue weighted by molar-refractivity contribution is -0.192. The molecule has 0 bridgehead atoms. The quantitative estimate of drug-likeness (QED) is 0.306. The molecule has 1 aliphatic rings. The number of methoxy groups -OCH3 is 1. The third kappa shape index (κ3) is 6.88. The van der Waals surface area contributed by atoms with Crippen LogP contribution in [0, 0.1) is 0 Å². The van der Waals surface area contributed by atoms with Gasteiger partial charge in [-0.1, -0.05) is 30.2 Å². The molecular formula is C26H26ClF3N6O3. The minimum absolute atomic E-state index is 0.209. The second-order valence-electron chi connectivity index (χ2n) is 8.86. The predicted octanol–water partition coefficient (Wildman–Crippen LogP) is 6.03. The number of carboxylic acid groups (broad SMARTS) is 1. The van der Waals surface area contributed by atoms with E-state index < -0.39 is 12.1 Å². The van der Waals surface area contributed by atoms with E-state index in [0.717, 1.165) is 59.2 Å². The van der Waals surface area contributed by atoms with Crippen molar-refractivity contribution in [1.82, 2.24) is 24.5 Å². The van der Waals surface area contributed by atoms with Crippen LogP contribution in [-0.4, -0.2) is 48.9 Å². The molecular weight excluding hydrogens is 537 g/mol. The zero-order valence-corrected chi connectivity index (χ0v) is 21.9. The number of nitrogens with zero attached hydrogens (tertiary/aromatic N) is 5. The van der Waals surface area contributed by atoms with Crippen molar-refractivity contribution >= 4 is 29.2 Å². The number of carbonyl (C=O) groups is 1. The number of fused-ring (bicyclic) bond motifs is 1. The van der Waals surface area contributed by atoms with E-state index >= 15 is 0 Å². The van der Waals surface area contributed by atoms with E-state index in [0.29, 0.717) is 5.95 Å². The third-order valence-electron chi connectivity index (χ3n) is 6.11. The topological polar surface area (TPSA) is 107 Å². The molecule has 4 aromatic rings. The zero-order chi connectivity index (χ0) is 28.2. The van der Waals surface area contributed by atoms with Gasteiger partial charge in [0, 0.05) is 53.6 Å². The van der Waals surface area contributed by atoms with Crippen LogP contribution in [0.5, 0.6) is 5.75 Å². The fraction of sp³-hybridized carbons (Fsp3) is 0.308. The van der Waals surface area contributed by atoms with Gasteiger partial charge in [-0.15, -0.1) is 5.10 Å². The molecule has 0 fully saturated rings. The number of nitrogens with one attached hydrogen (secondary N) is 1. The average molecular weight is 563 g/mol. The van der Waals surface area contributed by atoms with E-state index in [1.807, 2.05) is 54.5 Å². The molecule has 3 heterocycles.